The largest absolute Gasteiger partial charge is 0.461 e. The van der Waals surface area contributed by atoms with Gasteiger partial charge in [-0.1, -0.05) is 0 Å². The summed E-state index contributed by atoms with van der Waals surface area (Å²) < 4.78 is 5.14. The van der Waals surface area contributed by atoms with Crippen LogP contribution in [0.15, 0.2) is 22.8 Å². The van der Waals surface area contributed by atoms with Crippen LogP contribution in [0.3, 0.4) is 0 Å². The van der Waals surface area contributed by atoms with Gasteiger partial charge in [0.05, 0.1) is 12.4 Å². The minimum atomic E-state index is -0.347. The number of aromatic nitrogens is 4. The van der Waals surface area contributed by atoms with E-state index in [0.29, 0.717) is 24.6 Å². The summed E-state index contributed by atoms with van der Waals surface area (Å²) in [5.74, 6) is 0.657. The van der Waals surface area contributed by atoms with Crippen LogP contribution in [-0.4, -0.2) is 43.9 Å². The number of aliphatic hydroxyl groups excluding tert-OH is 1. The predicted molar refractivity (Wildman–Crippen MR) is 69.4 cm³/mol. The van der Waals surface area contributed by atoms with Crippen LogP contribution >= 0.6 is 0 Å². The fourth-order valence-electron chi connectivity index (χ4n) is 1.62. The minimum absolute atomic E-state index is 0.00237. The zero-order valence-electron chi connectivity index (χ0n) is 11.2. The number of amides is 1. The molecule has 2 rings (SSSR count). The molecule has 2 N–H and O–H groups in total. The second-order valence-corrected chi connectivity index (χ2v) is 4.46. The number of hydrogen-bond donors (Lipinski definition) is 2. The Bertz CT molecular complexity index is 535. The lowest BCUT2D eigenvalue weighted by Gasteiger charge is -2.05. The Morgan fingerprint density at radius 3 is 3.15 bits per heavy atom. The number of tetrazole rings is 1. The highest BCUT2D eigenvalue weighted by molar-refractivity contribution is 5.75. The quantitative estimate of drug-likeness (QED) is 0.702. The maximum Gasteiger partial charge on any atom is 0.243 e. The van der Waals surface area contributed by atoms with Crippen LogP contribution in [0.2, 0.25) is 0 Å². The third-order valence-corrected chi connectivity index (χ3v) is 2.60. The number of carbonyl (C=O) groups excluding carboxylic acids is 1. The number of nitrogens with zero attached hydrogens (tertiary/aromatic N) is 4. The molecule has 20 heavy (non-hydrogen) atoms. The van der Waals surface area contributed by atoms with E-state index in [0.717, 1.165) is 6.42 Å². The van der Waals surface area contributed by atoms with Gasteiger partial charge in [0, 0.05) is 6.54 Å². The Labute approximate surface area is 115 Å². The zero-order valence-corrected chi connectivity index (χ0v) is 11.2. The Hall–Kier alpha value is -2.22. The summed E-state index contributed by atoms with van der Waals surface area (Å²) in [6.45, 7) is 2.24. The average molecular weight is 279 g/mol. The molecule has 0 saturated heterocycles. The fraction of sp³-hybridized carbons (Fsp3) is 0.500. The van der Waals surface area contributed by atoms with E-state index in [1.807, 2.05) is 0 Å². The molecule has 8 nitrogen and oxygen atoms in total. The highest BCUT2D eigenvalue weighted by Gasteiger charge is 2.10. The summed E-state index contributed by atoms with van der Waals surface area (Å²) in [5, 5.41) is 23.5. The van der Waals surface area contributed by atoms with E-state index in [2.05, 4.69) is 20.7 Å². The number of hydrogen-bond acceptors (Lipinski definition) is 6. The first-order valence-corrected chi connectivity index (χ1v) is 6.41. The SMILES string of the molecule is CC(O)CCCNC(=O)Cn1nnc(-c2ccco2)n1. The topological polar surface area (TPSA) is 106 Å². The van der Waals surface area contributed by atoms with Gasteiger partial charge < -0.3 is 14.8 Å². The summed E-state index contributed by atoms with van der Waals surface area (Å²) in [7, 11) is 0. The minimum Gasteiger partial charge on any atom is -0.461 e. The zero-order chi connectivity index (χ0) is 14.4. The van der Waals surface area contributed by atoms with E-state index in [-0.39, 0.29) is 18.6 Å². The van der Waals surface area contributed by atoms with Crippen LogP contribution < -0.4 is 5.32 Å². The van der Waals surface area contributed by atoms with Crippen molar-refractivity contribution < 1.29 is 14.3 Å². The first-order chi connectivity index (χ1) is 9.65. The van der Waals surface area contributed by atoms with Gasteiger partial charge in [-0.2, -0.15) is 4.80 Å². The standard InChI is InChI=1S/C12H17N5O3/c1-9(18)4-2-6-13-11(19)8-17-15-12(14-16-17)10-5-3-7-20-10/h3,5,7,9,18H,2,4,6,8H2,1H3,(H,13,19). The van der Waals surface area contributed by atoms with Gasteiger partial charge in [-0.05, 0) is 37.1 Å². The van der Waals surface area contributed by atoms with Crippen molar-refractivity contribution in [3.8, 4) is 11.6 Å². The second-order valence-electron chi connectivity index (χ2n) is 4.46. The smallest absolute Gasteiger partial charge is 0.243 e. The van der Waals surface area contributed by atoms with Crippen molar-refractivity contribution in [3.05, 3.63) is 18.4 Å². The molecule has 2 aromatic rings. The Balaban J connectivity index is 1.77. The summed E-state index contributed by atoms with van der Waals surface area (Å²) >= 11 is 0. The van der Waals surface area contributed by atoms with Gasteiger partial charge in [-0.3, -0.25) is 4.79 Å². The molecule has 0 aromatic carbocycles. The van der Waals surface area contributed by atoms with Gasteiger partial charge in [0.1, 0.15) is 6.54 Å². The number of rotatable bonds is 7. The van der Waals surface area contributed by atoms with Crippen molar-refractivity contribution in [2.24, 2.45) is 0 Å². The highest BCUT2D eigenvalue weighted by atomic mass is 16.3. The molecule has 8 heteroatoms. The third-order valence-electron chi connectivity index (χ3n) is 2.60. The second kappa shape index (κ2) is 6.80. The molecule has 0 aliphatic rings. The number of carbonyl (C=O) groups is 1. The van der Waals surface area contributed by atoms with Gasteiger partial charge in [0.25, 0.3) is 0 Å². The third kappa shape index (κ3) is 4.16. The van der Waals surface area contributed by atoms with Crippen LogP contribution in [-0.2, 0) is 11.3 Å². The van der Waals surface area contributed by atoms with Crippen molar-refractivity contribution in [2.75, 3.05) is 6.54 Å². The average Bonchev–Trinajstić information content (AvgIpc) is 3.04. The van der Waals surface area contributed by atoms with Crippen LogP contribution in [0.25, 0.3) is 11.6 Å². The van der Waals surface area contributed by atoms with Crippen LogP contribution in [0.5, 0.6) is 0 Å². The van der Waals surface area contributed by atoms with Crippen molar-refractivity contribution in [3.63, 3.8) is 0 Å². The van der Waals surface area contributed by atoms with Crippen LogP contribution in [0, 0.1) is 0 Å². The summed E-state index contributed by atoms with van der Waals surface area (Å²) in [5.41, 5.74) is 0. The van der Waals surface area contributed by atoms with Gasteiger partial charge in [-0.25, -0.2) is 0 Å². The van der Waals surface area contributed by atoms with Crippen molar-refractivity contribution in [1.29, 1.82) is 0 Å². The van der Waals surface area contributed by atoms with E-state index < -0.39 is 0 Å². The molecule has 2 aromatic heterocycles. The predicted octanol–water partition coefficient (Wildman–Crippen LogP) is 0.210. The lowest BCUT2D eigenvalue weighted by atomic mass is 10.2. The monoisotopic (exact) mass is 279 g/mol. The van der Waals surface area contributed by atoms with E-state index in [4.69, 9.17) is 9.52 Å². The highest BCUT2D eigenvalue weighted by Crippen LogP contribution is 2.12. The maximum atomic E-state index is 11.6. The molecule has 0 aliphatic carbocycles. The first-order valence-electron chi connectivity index (χ1n) is 6.41. The van der Waals surface area contributed by atoms with Crippen molar-refractivity contribution >= 4 is 5.91 Å². The van der Waals surface area contributed by atoms with Crippen LogP contribution in [0.4, 0.5) is 0 Å². The molecule has 0 radical (unpaired) electrons. The lowest BCUT2D eigenvalue weighted by Crippen LogP contribution is -2.29. The molecule has 0 aliphatic heterocycles. The maximum absolute atomic E-state index is 11.6. The van der Waals surface area contributed by atoms with Crippen LogP contribution in [0.1, 0.15) is 19.8 Å². The molecule has 1 unspecified atom stereocenters. The van der Waals surface area contributed by atoms with E-state index in [9.17, 15) is 4.79 Å². The lowest BCUT2D eigenvalue weighted by molar-refractivity contribution is -0.122. The van der Waals surface area contributed by atoms with E-state index in [1.165, 1.54) is 11.1 Å². The number of aliphatic hydroxyl groups is 1. The number of nitrogens with one attached hydrogen (secondary N) is 1. The molecule has 2 heterocycles. The summed E-state index contributed by atoms with van der Waals surface area (Å²) in [6, 6.07) is 3.45. The van der Waals surface area contributed by atoms with Crippen molar-refractivity contribution in [2.45, 2.75) is 32.4 Å². The Morgan fingerprint density at radius 1 is 1.60 bits per heavy atom. The summed E-state index contributed by atoms with van der Waals surface area (Å²) in [6.07, 6.45) is 2.56. The van der Waals surface area contributed by atoms with E-state index >= 15 is 0 Å². The molecule has 0 bridgehead atoms. The van der Waals surface area contributed by atoms with Crippen molar-refractivity contribution in [1.82, 2.24) is 25.5 Å². The van der Waals surface area contributed by atoms with Gasteiger partial charge in [0.2, 0.25) is 11.7 Å². The van der Waals surface area contributed by atoms with Gasteiger partial charge in [0.15, 0.2) is 5.76 Å². The molecule has 0 saturated carbocycles. The van der Waals surface area contributed by atoms with Gasteiger partial charge >= 0.3 is 0 Å². The number of furan rings is 1. The van der Waals surface area contributed by atoms with Gasteiger partial charge in [-0.15, -0.1) is 10.2 Å². The molecule has 0 fully saturated rings. The first kappa shape index (κ1) is 14.2. The Kier molecular flexibility index (Phi) is 4.83. The molecular formula is C12H17N5O3. The molecule has 1 amide bonds. The Morgan fingerprint density at radius 2 is 2.45 bits per heavy atom. The molecule has 1 atom stereocenters. The molecular weight excluding hydrogens is 262 g/mol. The molecule has 0 spiro atoms. The normalized spacial score (nSPS) is 12.3. The molecule has 108 valence electrons. The van der Waals surface area contributed by atoms with E-state index in [1.54, 1.807) is 19.1 Å². The fourth-order valence-corrected chi connectivity index (χ4v) is 1.62. The summed E-state index contributed by atoms with van der Waals surface area (Å²) in [4.78, 5) is 12.8.